The van der Waals surface area contributed by atoms with E-state index in [9.17, 15) is 9.90 Å². The summed E-state index contributed by atoms with van der Waals surface area (Å²) in [5.41, 5.74) is 1.92. The van der Waals surface area contributed by atoms with Gasteiger partial charge in [0.25, 0.3) is 0 Å². The highest BCUT2D eigenvalue weighted by Crippen LogP contribution is 2.36. The molecule has 3 heterocycles. The van der Waals surface area contributed by atoms with Crippen molar-refractivity contribution in [2.24, 2.45) is 11.8 Å². The molecular weight excluding hydrogens is 482 g/mol. The molecule has 0 saturated carbocycles. The Bertz CT molecular complexity index is 1040. The van der Waals surface area contributed by atoms with E-state index in [1.165, 1.54) is 0 Å². The zero-order valence-electron chi connectivity index (χ0n) is 21.4. The molecule has 9 heteroatoms. The van der Waals surface area contributed by atoms with Gasteiger partial charge in [-0.3, -0.25) is 4.79 Å². The smallest absolute Gasteiger partial charge is 0.305 e. The number of pyridine rings is 1. The number of aliphatic carboxylic acids is 1. The van der Waals surface area contributed by atoms with Crippen LogP contribution in [0.25, 0.3) is 0 Å². The molecule has 0 aliphatic carbocycles. The van der Waals surface area contributed by atoms with Crippen LogP contribution in [0.2, 0.25) is 5.02 Å². The van der Waals surface area contributed by atoms with E-state index in [0.717, 1.165) is 36.6 Å². The number of carboxylic acid groups (broad SMARTS) is 1. The number of nitrogens with zero attached hydrogens (tertiary/aromatic N) is 3. The summed E-state index contributed by atoms with van der Waals surface area (Å²) in [5, 5.41) is 10.1. The Balaban J connectivity index is 1.40. The van der Waals surface area contributed by atoms with Crippen LogP contribution in [0.1, 0.15) is 33.6 Å². The standard InChI is InChI=1S/C27H36ClN3O5/c1-5-35-25-16-31(22(18(25)3)13-27(32)33)19-6-8-20(9-7-19)36-24-10-11-30(15-17(24)2)23-12-26(34-4)29-14-21(23)28/h6-9,12,14,17-18,22,24-25H,5,10-11,13,15-16H2,1-4H3,(H,32,33)/t17?,18-,22-,24?,25-/m0/s1. The summed E-state index contributed by atoms with van der Waals surface area (Å²) in [6, 6.07) is 9.78. The molecule has 0 radical (unpaired) electrons. The van der Waals surface area contributed by atoms with Crippen molar-refractivity contribution in [1.29, 1.82) is 0 Å². The number of piperidine rings is 1. The molecule has 36 heavy (non-hydrogen) atoms. The third-order valence-corrected chi connectivity index (χ3v) is 7.67. The number of hydrogen-bond acceptors (Lipinski definition) is 7. The molecule has 1 N–H and O–H groups in total. The van der Waals surface area contributed by atoms with E-state index >= 15 is 0 Å². The van der Waals surface area contributed by atoms with E-state index in [1.807, 2.05) is 37.3 Å². The molecule has 2 saturated heterocycles. The van der Waals surface area contributed by atoms with E-state index in [2.05, 4.69) is 28.6 Å². The van der Waals surface area contributed by atoms with Gasteiger partial charge in [0.2, 0.25) is 5.88 Å². The van der Waals surface area contributed by atoms with Crippen LogP contribution in [0.3, 0.4) is 0 Å². The fraction of sp³-hybridized carbons (Fsp3) is 0.556. The molecule has 4 rings (SSSR count). The molecule has 5 atom stereocenters. The van der Waals surface area contributed by atoms with Crippen molar-refractivity contribution >= 4 is 28.9 Å². The van der Waals surface area contributed by atoms with Crippen LogP contribution in [-0.4, -0.2) is 67.7 Å². The number of aromatic nitrogens is 1. The van der Waals surface area contributed by atoms with Gasteiger partial charge in [0.15, 0.2) is 0 Å². The Morgan fingerprint density at radius 3 is 2.58 bits per heavy atom. The Kier molecular flexibility index (Phi) is 8.46. The van der Waals surface area contributed by atoms with Crippen LogP contribution in [-0.2, 0) is 9.53 Å². The maximum absolute atomic E-state index is 11.5. The van der Waals surface area contributed by atoms with Crippen molar-refractivity contribution in [2.45, 2.75) is 51.9 Å². The number of methoxy groups -OCH3 is 1. The van der Waals surface area contributed by atoms with E-state index in [0.29, 0.717) is 30.0 Å². The van der Waals surface area contributed by atoms with E-state index in [1.54, 1.807) is 13.3 Å². The first-order valence-electron chi connectivity index (χ1n) is 12.6. The number of carboxylic acids is 1. The lowest BCUT2D eigenvalue weighted by Gasteiger charge is -2.38. The van der Waals surface area contributed by atoms with Crippen LogP contribution < -0.4 is 19.3 Å². The quantitative estimate of drug-likeness (QED) is 0.510. The van der Waals surface area contributed by atoms with Crippen LogP contribution >= 0.6 is 11.6 Å². The molecule has 1 aromatic carbocycles. The summed E-state index contributed by atoms with van der Waals surface area (Å²) >= 11 is 6.41. The van der Waals surface area contributed by atoms with Gasteiger partial charge < -0.3 is 29.1 Å². The van der Waals surface area contributed by atoms with Gasteiger partial charge in [0.05, 0.1) is 36.5 Å². The molecule has 0 bridgehead atoms. The summed E-state index contributed by atoms with van der Waals surface area (Å²) in [5.74, 6) is 1.000. The molecule has 2 aromatic rings. The number of hydrogen-bond donors (Lipinski definition) is 1. The van der Waals surface area contributed by atoms with E-state index < -0.39 is 5.97 Å². The Hall–Kier alpha value is -2.71. The summed E-state index contributed by atoms with van der Waals surface area (Å²) in [7, 11) is 1.60. The Labute approximate surface area is 218 Å². The zero-order valence-corrected chi connectivity index (χ0v) is 22.1. The van der Waals surface area contributed by atoms with Crippen LogP contribution in [0, 0.1) is 11.8 Å². The van der Waals surface area contributed by atoms with E-state index in [4.69, 9.17) is 25.8 Å². The molecule has 196 valence electrons. The molecular formula is C27H36ClN3O5. The maximum Gasteiger partial charge on any atom is 0.305 e. The van der Waals surface area contributed by atoms with Gasteiger partial charge in [-0.25, -0.2) is 4.98 Å². The van der Waals surface area contributed by atoms with Crippen LogP contribution in [0.15, 0.2) is 36.5 Å². The second-order valence-electron chi connectivity index (χ2n) is 9.71. The van der Waals surface area contributed by atoms with E-state index in [-0.39, 0.29) is 30.6 Å². The molecule has 8 nitrogen and oxygen atoms in total. The summed E-state index contributed by atoms with van der Waals surface area (Å²) in [6.07, 6.45) is 2.69. The second-order valence-corrected chi connectivity index (χ2v) is 10.1. The van der Waals surface area contributed by atoms with Gasteiger partial charge in [-0.15, -0.1) is 0 Å². The lowest BCUT2D eigenvalue weighted by Crippen LogP contribution is -2.44. The lowest BCUT2D eigenvalue weighted by atomic mass is 9.96. The number of rotatable bonds is 9. The second kappa shape index (κ2) is 11.6. The summed E-state index contributed by atoms with van der Waals surface area (Å²) in [4.78, 5) is 20.1. The van der Waals surface area contributed by atoms with Crippen molar-refractivity contribution < 1.29 is 24.1 Å². The highest BCUT2D eigenvalue weighted by atomic mass is 35.5. The average Bonchev–Trinajstić information content (AvgIpc) is 3.16. The predicted octanol–water partition coefficient (Wildman–Crippen LogP) is 4.74. The first-order valence-corrected chi connectivity index (χ1v) is 13.0. The predicted molar refractivity (Wildman–Crippen MR) is 141 cm³/mol. The first-order chi connectivity index (χ1) is 17.3. The molecule has 2 fully saturated rings. The topological polar surface area (TPSA) is 84.4 Å². The lowest BCUT2D eigenvalue weighted by molar-refractivity contribution is -0.137. The zero-order chi connectivity index (χ0) is 25.8. The van der Waals surface area contributed by atoms with Crippen molar-refractivity contribution in [3.63, 3.8) is 0 Å². The van der Waals surface area contributed by atoms with Gasteiger partial charge in [-0.1, -0.05) is 25.4 Å². The number of ether oxygens (including phenoxy) is 3. The molecule has 2 aliphatic heterocycles. The molecule has 1 aromatic heterocycles. The monoisotopic (exact) mass is 517 g/mol. The SMILES string of the molecule is CCO[C@H]1CN(c2ccc(OC3CCN(c4cc(OC)ncc4Cl)CC3C)cc2)[C@@H](CC(=O)O)[C@@H]1C. The Morgan fingerprint density at radius 1 is 1.19 bits per heavy atom. The first kappa shape index (κ1) is 26.4. The maximum atomic E-state index is 11.5. The average molecular weight is 518 g/mol. The minimum atomic E-state index is -0.791. The number of carbonyl (C=O) groups is 1. The molecule has 0 spiro atoms. The van der Waals surface area contributed by atoms with Gasteiger partial charge in [-0.2, -0.15) is 0 Å². The van der Waals surface area contributed by atoms with Crippen molar-refractivity contribution in [2.75, 3.05) is 43.2 Å². The number of anilines is 2. The fourth-order valence-electron chi connectivity index (χ4n) is 5.39. The van der Waals surface area contributed by atoms with Gasteiger partial charge >= 0.3 is 5.97 Å². The van der Waals surface area contributed by atoms with Crippen LogP contribution in [0.5, 0.6) is 11.6 Å². The largest absolute Gasteiger partial charge is 0.490 e. The third-order valence-electron chi connectivity index (χ3n) is 7.38. The summed E-state index contributed by atoms with van der Waals surface area (Å²) in [6.45, 7) is 9.18. The minimum absolute atomic E-state index is 0.0233. The molecule has 0 amide bonds. The highest BCUT2D eigenvalue weighted by molar-refractivity contribution is 6.33. The molecule has 2 aliphatic rings. The highest BCUT2D eigenvalue weighted by Gasteiger charge is 2.40. The molecule has 2 unspecified atom stereocenters. The number of halogens is 1. The third kappa shape index (κ3) is 5.81. The van der Waals surface area contributed by atoms with Crippen molar-refractivity contribution in [1.82, 2.24) is 4.98 Å². The van der Waals surface area contributed by atoms with Crippen LogP contribution in [0.4, 0.5) is 11.4 Å². The minimum Gasteiger partial charge on any atom is -0.490 e. The van der Waals surface area contributed by atoms with Crippen molar-refractivity contribution in [3.05, 3.63) is 41.6 Å². The van der Waals surface area contributed by atoms with Crippen molar-refractivity contribution in [3.8, 4) is 11.6 Å². The van der Waals surface area contributed by atoms with Gasteiger partial charge in [-0.05, 0) is 31.2 Å². The fourth-order valence-corrected chi connectivity index (χ4v) is 5.61. The number of benzene rings is 1. The summed E-state index contributed by atoms with van der Waals surface area (Å²) < 4.78 is 17.5. The van der Waals surface area contributed by atoms with Gasteiger partial charge in [0.1, 0.15) is 11.9 Å². The normalized spacial score (nSPS) is 26.2. The van der Waals surface area contributed by atoms with Gasteiger partial charge in [0, 0.05) is 62.3 Å². The Morgan fingerprint density at radius 2 is 1.94 bits per heavy atom.